The number of hydrogen-bond acceptors (Lipinski definition) is 5. The predicted octanol–water partition coefficient (Wildman–Crippen LogP) is 2.25. The van der Waals surface area contributed by atoms with Crippen molar-refractivity contribution in [3.63, 3.8) is 0 Å². The topological polar surface area (TPSA) is 52.6 Å². The number of piperazine rings is 1. The number of rotatable bonds is 6. The number of benzene rings is 1. The number of halogens is 2. The molecular formula is C22H37FIN5O2. The van der Waals surface area contributed by atoms with E-state index in [0.717, 1.165) is 70.6 Å². The number of methoxy groups -OCH3 is 1. The number of nitrogens with zero attached hydrogens (tertiary/aromatic N) is 4. The largest absolute Gasteiger partial charge is 0.494 e. The molecule has 1 aromatic rings. The number of aliphatic imine (C=N–C) groups is 1. The first-order valence-corrected chi connectivity index (χ1v) is 10.9. The summed E-state index contributed by atoms with van der Waals surface area (Å²) in [5, 5.41) is 3.55. The minimum Gasteiger partial charge on any atom is -0.494 e. The summed E-state index contributed by atoms with van der Waals surface area (Å²) in [6.45, 7) is 12.3. The Hall–Kier alpha value is -1.17. The highest BCUT2D eigenvalue weighted by Gasteiger charge is 2.25. The number of ether oxygens (including phenoxy) is 2. The molecule has 3 rings (SSSR count). The Morgan fingerprint density at radius 1 is 1.29 bits per heavy atom. The van der Waals surface area contributed by atoms with Crippen molar-refractivity contribution in [2.24, 2.45) is 4.99 Å². The van der Waals surface area contributed by atoms with Crippen LogP contribution in [0.3, 0.4) is 0 Å². The molecule has 2 atom stereocenters. The van der Waals surface area contributed by atoms with Crippen molar-refractivity contribution in [2.45, 2.75) is 32.5 Å². The van der Waals surface area contributed by atoms with Gasteiger partial charge in [0.15, 0.2) is 17.5 Å². The molecular weight excluding hydrogens is 512 g/mol. The monoisotopic (exact) mass is 549 g/mol. The van der Waals surface area contributed by atoms with Crippen molar-refractivity contribution >= 4 is 29.9 Å². The van der Waals surface area contributed by atoms with E-state index in [0.29, 0.717) is 17.8 Å². The second kappa shape index (κ2) is 12.8. The second-order valence-electron chi connectivity index (χ2n) is 8.17. The number of nitrogens with one attached hydrogen (secondary N) is 1. The van der Waals surface area contributed by atoms with Crippen molar-refractivity contribution in [3.05, 3.63) is 29.6 Å². The lowest BCUT2D eigenvalue weighted by molar-refractivity contribution is -0.0175. The first-order valence-electron chi connectivity index (χ1n) is 10.9. The van der Waals surface area contributed by atoms with E-state index in [9.17, 15) is 4.39 Å². The van der Waals surface area contributed by atoms with Crippen LogP contribution in [0.4, 0.5) is 4.39 Å². The Morgan fingerprint density at radius 3 is 2.65 bits per heavy atom. The second-order valence-corrected chi connectivity index (χ2v) is 8.17. The highest BCUT2D eigenvalue weighted by Crippen LogP contribution is 2.19. The maximum absolute atomic E-state index is 13.9. The van der Waals surface area contributed by atoms with Gasteiger partial charge in [0, 0.05) is 64.9 Å². The molecule has 1 aromatic carbocycles. The van der Waals surface area contributed by atoms with Crippen LogP contribution in [0, 0.1) is 5.82 Å². The normalized spacial score (nSPS) is 22.0. The Bertz CT molecular complexity index is 715. The fraction of sp³-hybridized carbons (Fsp3) is 0.682. The van der Waals surface area contributed by atoms with Gasteiger partial charge in [-0.2, -0.15) is 0 Å². The quantitative estimate of drug-likeness (QED) is 0.334. The van der Waals surface area contributed by atoms with E-state index in [1.807, 2.05) is 13.1 Å². The van der Waals surface area contributed by atoms with Gasteiger partial charge in [-0.1, -0.05) is 6.07 Å². The molecule has 0 aliphatic carbocycles. The van der Waals surface area contributed by atoms with E-state index < -0.39 is 0 Å². The van der Waals surface area contributed by atoms with Crippen LogP contribution in [0.2, 0.25) is 0 Å². The molecule has 0 radical (unpaired) electrons. The highest BCUT2D eigenvalue weighted by molar-refractivity contribution is 14.0. The SMILES string of the molecule is CN=C(NCC(C)N1CCOCC1C)N1CCN(Cc2ccc(OC)c(F)c2)CC1.I. The molecule has 7 nitrogen and oxygen atoms in total. The van der Waals surface area contributed by atoms with Crippen LogP contribution in [0.25, 0.3) is 0 Å². The number of morpholine rings is 1. The highest BCUT2D eigenvalue weighted by atomic mass is 127. The molecule has 0 saturated carbocycles. The smallest absolute Gasteiger partial charge is 0.193 e. The molecule has 1 N–H and O–H groups in total. The van der Waals surface area contributed by atoms with Gasteiger partial charge in [0.05, 0.1) is 20.3 Å². The first-order chi connectivity index (χ1) is 14.5. The van der Waals surface area contributed by atoms with E-state index >= 15 is 0 Å². The van der Waals surface area contributed by atoms with Crippen molar-refractivity contribution in [3.8, 4) is 5.75 Å². The molecule has 2 aliphatic heterocycles. The van der Waals surface area contributed by atoms with Gasteiger partial charge in [-0.3, -0.25) is 14.8 Å². The van der Waals surface area contributed by atoms with Gasteiger partial charge >= 0.3 is 0 Å². The molecule has 0 spiro atoms. The van der Waals surface area contributed by atoms with Crippen molar-refractivity contribution in [1.82, 2.24) is 20.0 Å². The zero-order valence-corrected chi connectivity index (χ0v) is 21.5. The zero-order chi connectivity index (χ0) is 21.5. The fourth-order valence-corrected chi connectivity index (χ4v) is 4.27. The summed E-state index contributed by atoms with van der Waals surface area (Å²) >= 11 is 0. The Kier molecular flexibility index (Phi) is 10.7. The molecule has 176 valence electrons. The van der Waals surface area contributed by atoms with Crippen molar-refractivity contribution in [1.29, 1.82) is 0 Å². The third-order valence-electron chi connectivity index (χ3n) is 6.05. The minimum atomic E-state index is -0.304. The predicted molar refractivity (Wildman–Crippen MR) is 133 cm³/mol. The van der Waals surface area contributed by atoms with Gasteiger partial charge in [-0.25, -0.2) is 4.39 Å². The summed E-state index contributed by atoms with van der Waals surface area (Å²) < 4.78 is 24.5. The lowest BCUT2D eigenvalue weighted by atomic mass is 10.1. The summed E-state index contributed by atoms with van der Waals surface area (Å²) in [5.74, 6) is 0.944. The molecule has 31 heavy (non-hydrogen) atoms. The minimum absolute atomic E-state index is 0. The molecule has 9 heteroatoms. The molecule has 2 saturated heterocycles. The van der Waals surface area contributed by atoms with Crippen LogP contribution in [-0.4, -0.2) is 99.4 Å². The average molecular weight is 549 g/mol. The van der Waals surface area contributed by atoms with E-state index in [4.69, 9.17) is 9.47 Å². The van der Waals surface area contributed by atoms with Gasteiger partial charge < -0.3 is 19.7 Å². The lowest BCUT2D eigenvalue weighted by Crippen LogP contribution is -2.55. The summed E-state index contributed by atoms with van der Waals surface area (Å²) in [7, 11) is 3.33. The summed E-state index contributed by atoms with van der Waals surface area (Å²) in [6, 6.07) is 6.07. The van der Waals surface area contributed by atoms with Crippen LogP contribution in [-0.2, 0) is 11.3 Å². The van der Waals surface area contributed by atoms with Crippen LogP contribution in [0.5, 0.6) is 5.75 Å². The maximum atomic E-state index is 13.9. The zero-order valence-electron chi connectivity index (χ0n) is 19.1. The number of guanidine groups is 1. The fourth-order valence-electron chi connectivity index (χ4n) is 4.27. The van der Waals surface area contributed by atoms with Crippen molar-refractivity contribution in [2.75, 3.05) is 66.6 Å². The van der Waals surface area contributed by atoms with Gasteiger partial charge in [0.1, 0.15) is 0 Å². The average Bonchev–Trinajstić information content (AvgIpc) is 2.75. The Balaban J connectivity index is 0.00000341. The van der Waals surface area contributed by atoms with Gasteiger partial charge in [0.25, 0.3) is 0 Å². The summed E-state index contributed by atoms with van der Waals surface area (Å²) in [5.41, 5.74) is 0.970. The van der Waals surface area contributed by atoms with E-state index in [2.05, 4.69) is 38.9 Å². The molecule has 0 aromatic heterocycles. The molecule has 0 bridgehead atoms. The maximum Gasteiger partial charge on any atom is 0.193 e. The number of hydrogen-bond donors (Lipinski definition) is 1. The lowest BCUT2D eigenvalue weighted by Gasteiger charge is -2.39. The molecule has 2 aliphatic rings. The van der Waals surface area contributed by atoms with E-state index in [-0.39, 0.29) is 29.8 Å². The Morgan fingerprint density at radius 2 is 2.03 bits per heavy atom. The molecule has 2 fully saturated rings. The molecule has 2 heterocycles. The van der Waals surface area contributed by atoms with Crippen LogP contribution in [0.1, 0.15) is 19.4 Å². The molecule has 0 amide bonds. The van der Waals surface area contributed by atoms with Gasteiger partial charge in [-0.05, 0) is 31.5 Å². The van der Waals surface area contributed by atoms with Gasteiger partial charge in [0.2, 0.25) is 0 Å². The standard InChI is InChI=1S/C22H36FN5O2.HI/c1-17(28-11-12-30-16-18(28)2)14-25-22(24-3)27-9-7-26(8-10-27)15-19-5-6-21(29-4)20(23)13-19;/h5-6,13,17-18H,7-12,14-16H2,1-4H3,(H,24,25);1H. The summed E-state index contributed by atoms with van der Waals surface area (Å²) in [6.07, 6.45) is 0. The van der Waals surface area contributed by atoms with Gasteiger partial charge in [-0.15, -0.1) is 24.0 Å². The van der Waals surface area contributed by atoms with Crippen LogP contribution in [0.15, 0.2) is 23.2 Å². The third kappa shape index (κ3) is 7.16. The van der Waals surface area contributed by atoms with E-state index in [1.165, 1.54) is 7.11 Å². The van der Waals surface area contributed by atoms with Crippen LogP contribution >= 0.6 is 24.0 Å². The first kappa shape index (κ1) is 26.1. The third-order valence-corrected chi connectivity index (χ3v) is 6.05. The molecule has 2 unspecified atom stereocenters. The Labute approximate surface area is 203 Å². The summed E-state index contributed by atoms with van der Waals surface area (Å²) in [4.78, 5) is 11.6. The van der Waals surface area contributed by atoms with Crippen molar-refractivity contribution < 1.29 is 13.9 Å². The van der Waals surface area contributed by atoms with Crippen LogP contribution < -0.4 is 10.1 Å². The van der Waals surface area contributed by atoms with E-state index in [1.54, 1.807) is 12.1 Å².